The molecule has 0 saturated carbocycles. The molecule has 2 aliphatic heterocycles. The Morgan fingerprint density at radius 2 is 1.83 bits per heavy atom. The summed E-state index contributed by atoms with van der Waals surface area (Å²) in [6, 6.07) is 6.97. The van der Waals surface area contributed by atoms with Crippen LogP contribution in [0.5, 0.6) is 5.75 Å². The zero-order valence-electron chi connectivity index (χ0n) is 30.6. The number of rotatable bonds is 12. The molecule has 0 unspecified atom stereocenters. The Bertz CT molecular complexity index is 1920. The topological polar surface area (TPSA) is 133 Å². The van der Waals surface area contributed by atoms with Crippen LogP contribution in [0.2, 0.25) is 0 Å². The van der Waals surface area contributed by atoms with Gasteiger partial charge in [0.2, 0.25) is 11.8 Å². The van der Waals surface area contributed by atoms with Crippen LogP contribution in [0.15, 0.2) is 53.9 Å². The molecule has 2 saturated heterocycles. The van der Waals surface area contributed by atoms with E-state index in [4.69, 9.17) is 4.74 Å². The number of alkyl halides is 2. The number of aromatic nitrogens is 5. The third-order valence-electron chi connectivity index (χ3n) is 9.97. The zero-order valence-corrected chi connectivity index (χ0v) is 31.4. The van der Waals surface area contributed by atoms with E-state index in [1.54, 1.807) is 49.6 Å². The average Bonchev–Trinajstić information content (AvgIpc) is 3.74. The van der Waals surface area contributed by atoms with Gasteiger partial charge >= 0.3 is 6.61 Å². The lowest BCUT2D eigenvalue weighted by Crippen LogP contribution is -2.59. The number of likely N-dealkylation sites (N-methyl/N-ethyl adjacent to an activating group) is 1. The molecule has 1 aromatic carbocycles. The standard InChI is InChI=1S/C36H46F2N10O4S/c1-23-17-44(18-24(2)47(23)22-31(49)43(3)4)19-25-9-13-45(14-10-25)32(50)21-46-20-29(41-35(51)28-16-40-48-12-6-11-39-34(28)48)33(42-46)27-15-26(53-5)7-8-30(27)52-36(37)38/h6-8,11-12,15-16,20,23-25,36H,9-10,13-14,17-19,21-22H2,1-5H3,(H,41,51)/t23-,24-/m1/s1. The molecule has 3 aromatic heterocycles. The molecule has 53 heavy (non-hydrogen) atoms. The molecule has 0 bridgehead atoms. The number of ether oxygens (including phenoxy) is 1. The fourth-order valence-electron chi connectivity index (χ4n) is 7.18. The van der Waals surface area contributed by atoms with Crippen LogP contribution in [0.4, 0.5) is 14.5 Å². The summed E-state index contributed by atoms with van der Waals surface area (Å²) in [4.78, 5) is 52.8. The molecule has 1 N–H and O–H groups in total. The smallest absolute Gasteiger partial charge is 0.387 e. The van der Waals surface area contributed by atoms with Crippen LogP contribution in [0.25, 0.3) is 16.9 Å². The maximum absolute atomic E-state index is 13.6. The molecule has 0 spiro atoms. The summed E-state index contributed by atoms with van der Waals surface area (Å²) in [5, 5.41) is 11.7. The van der Waals surface area contributed by atoms with Crippen LogP contribution in [-0.2, 0) is 16.1 Å². The minimum atomic E-state index is -3.08. The normalized spacial score (nSPS) is 18.8. The van der Waals surface area contributed by atoms with Gasteiger partial charge in [0.1, 0.15) is 23.6 Å². The van der Waals surface area contributed by atoms with Crippen LogP contribution in [-0.4, -0.2) is 140 Å². The Labute approximate surface area is 311 Å². The van der Waals surface area contributed by atoms with Crippen LogP contribution >= 0.6 is 11.8 Å². The van der Waals surface area contributed by atoms with Crippen molar-refractivity contribution in [2.24, 2.45) is 5.92 Å². The van der Waals surface area contributed by atoms with Gasteiger partial charge in [-0.25, -0.2) is 9.50 Å². The molecule has 2 aliphatic rings. The van der Waals surface area contributed by atoms with Crippen molar-refractivity contribution in [2.45, 2.75) is 56.8 Å². The van der Waals surface area contributed by atoms with E-state index >= 15 is 0 Å². The molecule has 0 radical (unpaired) electrons. The number of fused-ring (bicyclic) bond motifs is 1. The second-order valence-corrected chi connectivity index (χ2v) is 14.8. The predicted molar refractivity (Wildman–Crippen MR) is 197 cm³/mol. The average molecular weight is 753 g/mol. The second kappa shape index (κ2) is 16.6. The minimum Gasteiger partial charge on any atom is -0.434 e. The van der Waals surface area contributed by atoms with Crippen molar-refractivity contribution in [1.82, 2.24) is 44.0 Å². The Hall–Kier alpha value is -4.61. The quantitative estimate of drug-likeness (QED) is 0.213. The van der Waals surface area contributed by atoms with Crippen LogP contribution in [0, 0.1) is 5.92 Å². The summed E-state index contributed by atoms with van der Waals surface area (Å²) in [5.41, 5.74) is 1.17. The van der Waals surface area contributed by atoms with Gasteiger partial charge in [-0.2, -0.15) is 19.0 Å². The summed E-state index contributed by atoms with van der Waals surface area (Å²) in [5.74, 6) is -0.226. The fraction of sp³-hybridized carbons (Fsp3) is 0.500. The molecule has 284 valence electrons. The van der Waals surface area contributed by atoms with E-state index in [-0.39, 0.29) is 58.7 Å². The number of nitrogens with one attached hydrogen (secondary N) is 1. The number of benzene rings is 1. The van der Waals surface area contributed by atoms with Crippen molar-refractivity contribution in [1.29, 1.82) is 0 Å². The summed E-state index contributed by atoms with van der Waals surface area (Å²) >= 11 is 1.41. The van der Waals surface area contributed by atoms with Crippen molar-refractivity contribution in [2.75, 3.05) is 64.9 Å². The fourth-order valence-corrected chi connectivity index (χ4v) is 7.62. The largest absolute Gasteiger partial charge is 0.434 e. The number of anilines is 1. The molecule has 2 fully saturated rings. The molecular weight excluding hydrogens is 707 g/mol. The number of nitrogens with zero attached hydrogens (tertiary/aromatic N) is 9. The first kappa shape index (κ1) is 38.1. The Kier molecular flexibility index (Phi) is 11.9. The lowest BCUT2D eigenvalue weighted by Gasteiger charge is -2.46. The van der Waals surface area contributed by atoms with Crippen LogP contribution in [0.3, 0.4) is 0 Å². The number of likely N-dealkylation sites (tertiary alicyclic amines) is 1. The van der Waals surface area contributed by atoms with Gasteiger partial charge in [0.25, 0.3) is 5.91 Å². The molecule has 0 aliphatic carbocycles. The lowest BCUT2D eigenvalue weighted by atomic mass is 9.95. The summed E-state index contributed by atoms with van der Waals surface area (Å²) in [6.45, 7) is 5.51. The number of hydrogen-bond acceptors (Lipinski definition) is 10. The van der Waals surface area contributed by atoms with Crippen molar-refractivity contribution in [3.05, 3.63) is 54.6 Å². The number of piperidine rings is 1. The van der Waals surface area contributed by atoms with Crippen molar-refractivity contribution in [3.8, 4) is 17.0 Å². The predicted octanol–water partition coefficient (Wildman–Crippen LogP) is 3.89. The van der Waals surface area contributed by atoms with E-state index in [0.717, 1.165) is 37.4 Å². The lowest BCUT2D eigenvalue weighted by molar-refractivity contribution is -0.134. The molecule has 2 atom stereocenters. The van der Waals surface area contributed by atoms with E-state index in [1.807, 2.05) is 11.2 Å². The number of carbonyl (C=O) groups is 3. The third kappa shape index (κ3) is 8.96. The first-order chi connectivity index (χ1) is 25.4. The highest BCUT2D eigenvalue weighted by molar-refractivity contribution is 7.98. The number of amides is 3. The number of hydrogen-bond donors (Lipinski definition) is 1. The number of piperazine rings is 1. The van der Waals surface area contributed by atoms with Crippen LogP contribution < -0.4 is 10.1 Å². The maximum atomic E-state index is 13.6. The number of halogens is 2. The molecule has 17 heteroatoms. The second-order valence-electron chi connectivity index (χ2n) is 13.9. The van der Waals surface area contributed by atoms with E-state index in [2.05, 4.69) is 44.1 Å². The third-order valence-corrected chi connectivity index (χ3v) is 10.7. The van der Waals surface area contributed by atoms with Gasteiger partial charge in [-0.15, -0.1) is 11.8 Å². The Morgan fingerprint density at radius 1 is 1.09 bits per heavy atom. The molecule has 14 nitrogen and oxygen atoms in total. The highest BCUT2D eigenvalue weighted by atomic mass is 32.2. The van der Waals surface area contributed by atoms with Gasteiger partial charge in [-0.3, -0.25) is 28.9 Å². The van der Waals surface area contributed by atoms with E-state index in [0.29, 0.717) is 31.2 Å². The van der Waals surface area contributed by atoms with Crippen molar-refractivity contribution < 1.29 is 27.9 Å². The van der Waals surface area contributed by atoms with Gasteiger partial charge in [-0.1, -0.05) is 0 Å². The van der Waals surface area contributed by atoms with Gasteiger partial charge in [-0.05, 0) is 63.1 Å². The van der Waals surface area contributed by atoms with Gasteiger partial charge < -0.3 is 19.9 Å². The molecule has 4 aromatic rings. The number of carbonyl (C=O) groups excluding carboxylic acids is 3. The van der Waals surface area contributed by atoms with E-state index in [9.17, 15) is 23.2 Å². The maximum Gasteiger partial charge on any atom is 0.387 e. The molecular formula is C36H46F2N10O4S. The summed E-state index contributed by atoms with van der Waals surface area (Å²) < 4.78 is 34.7. The zero-order chi connectivity index (χ0) is 37.8. The van der Waals surface area contributed by atoms with Crippen LogP contribution in [0.1, 0.15) is 37.0 Å². The summed E-state index contributed by atoms with van der Waals surface area (Å²) in [6.07, 6.45) is 9.72. The molecule has 5 heterocycles. The molecule has 3 amide bonds. The van der Waals surface area contributed by atoms with Crippen molar-refractivity contribution in [3.63, 3.8) is 0 Å². The molecule has 6 rings (SSSR count). The van der Waals surface area contributed by atoms with E-state index in [1.165, 1.54) is 39.4 Å². The minimum absolute atomic E-state index is 0.109. The van der Waals surface area contributed by atoms with Crippen molar-refractivity contribution >= 4 is 40.8 Å². The monoisotopic (exact) mass is 752 g/mol. The first-order valence-electron chi connectivity index (χ1n) is 17.7. The van der Waals surface area contributed by atoms with E-state index < -0.39 is 12.5 Å². The SMILES string of the molecule is CSc1ccc(OC(F)F)c(-c2nn(CC(=O)N3CCC(CN4C[C@@H](C)N(CC(=O)N(C)C)[C@H](C)C4)CC3)cc2NC(=O)c2cnn3cccnc23)c1. The number of thioether (sulfide) groups is 1. The van der Waals surface area contributed by atoms with Gasteiger partial charge in [0.05, 0.1) is 18.4 Å². The highest BCUT2D eigenvalue weighted by Gasteiger charge is 2.33. The van der Waals surface area contributed by atoms with Gasteiger partial charge in [0, 0.05) is 88.0 Å². The Morgan fingerprint density at radius 3 is 2.51 bits per heavy atom. The Balaban J connectivity index is 1.14. The van der Waals surface area contributed by atoms with Gasteiger partial charge in [0.15, 0.2) is 5.65 Å². The summed E-state index contributed by atoms with van der Waals surface area (Å²) in [7, 11) is 3.57. The highest BCUT2D eigenvalue weighted by Crippen LogP contribution is 2.38. The first-order valence-corrected chi connectivity index (χ1v) is 18.9.